The maximum atomic E-state index is 12.2. The minimum Gasteiger partial charge on any atom is -0.340 e. The van der Waals surface area contributed by atoms with Gasteiger partial charge in [-0.2, -0.15) is 0 Å². The Morgan fingerprint density at radius 3 is 2.88 bits per heavy atom. The maximum Gasteiger partial charge on any atom is 0.239 e. The molecular weight excluding hydrogens is 214 g/mol. The predicted molar refractivity (Wildman–Crippen MR) is 66.4 cm³/mol. The molecule has 1 aliphatic rings. The Hall–Kier alpha value is -1.42. The third kappa shape index (κ3) is 3.27. The molecule has 1 aromatic heterocycles. The number of hydrogen-bond donors (Lipinski definition) is 1. The average molecular weight is 233 g/mol. The molecule has 17 heavy (non-hydrogen) atoms. The van der Waals surface area contributed by atoms with Gasteiger partial charge in [-0.15, -0.1) is 0 Å². The first-order valence-electron chi connectivity index (χ1n) is 6.14. The Balaban J connectivity index is 1.90. The van der Waals surface area contributed by atoms with E-state index in [4.69, 9.17) is 0 Å². The van der Waals surface area contributed by atoms with Crippen LogP contribution in [0.4, 0.5) is 0 Å². The van der Waals surface area contributed by atoms with Crippen LogP contribution in [0.1, 0.15) is 24.8 Å². The van der Waals surface area contributed by atoms with Gasteiger partial charge in [-0.1, -0.05) is 6.42 Å². The summed E-state index contributed by atoms with van der Waals surface area (Å²) in [6.07, 6.45) is 6.79. The van der Waals surface area contributed by atoms with E-state index in [9.17, 15) is 4.79 Å². The fourth-order valence-electron chi connectivity index (χ4n) is 2.17. The fourth-order valence-corrected chi connectivity index (χ4v) is 2.17. The van der Waals surface area contributed by atoms with Gasteiger partial charge in [-0.25, -0.2) is 0 Å². The van der Waals surface area contributed by atoms with Gasteiger partial charge in [0.1, 0.15) is 0 Å². The SMILES string of the molecule is CN(Cc1ccncc1)C(=O)[C@@H]1CCCCN1. The second-order valence-electron chi connectivity index (χ2n) is 4.55. The molecule has 0 unspecified atom stereocenters. The van der Waals surface area contributed by atoms with E-state index >= 15 is 0 Å². The zero-order chi connectivity index (χ0) is 12.1. The van der Waals surface area contributed by atoms with Gasteiger partial charge in [0.05, 0.1) is 6.04 Å². The van der Waals surface area contributed by atoms with Crippen molar-refractivity contribution in [3.8, 4) is 0 Å². The zero-order valence-electron chi connectivity index (χ0n) is 10.2. The number of carbonyl (C=O) groups excluding carboxylic acids is 1. The molecule has 1 fully saturated rings. The largest absolute Gasteiger partial charge is 0.340 e. The van der Waals surface area contributed by atoms with Crippen LogP contribution in [0.15, 0.2) is 24.5 Å². The molecule has 0 aliphatic carbocycles. The third-order valence-electron chi connectivity index (χ3n) is 3.15. The van der Waals surface area contributed by atoms with Crippen molar-refractivity contribution in [3.05, 3.63) is 30.1 Å². The summed E-state index contributed by atoms with van der Waals surface area (Å²) in [4.78, 5) is 17.9. The molecule has 1 N–H and O–H groups in total. The Labute approximate surface area is 102 Å². The molecule has 1 amide bonds. The van der Waals surface area contributed by atoms with E-state index in [2.05, 4.69) is 10.3 Å². The summed E-state index contributed by atoms with van der Waals surface area (Å²) in [6.45, 7) is 1.61. The number of nitrogens with one attached hydrogen (secondary N) is 1. The Bertz CT molecular complexity index is 360. The lowest BCUT2D eigenvalue weighted by Gasteiger charge is -2.27. The molecular formula is C13H19N3O. The summed E-state index contributed by atoms with van der Waals surface area (Å²) in [6, 6.07) is 3.89. The normalized spacial score (nSPS) is 19.9. The highest BCUT2D eigenvalue weighted by Gasteiger charge is 2.23. The lowest BCUT2D eigenvalue weighted by atomic mass is 10.0. The number of rotatable bonds is 3. The Morgan fingerprint density at radius 1 is 1.47 bits per heavy atom. The van der Waals surface area contributed by atoms with Crippen LogP contribution in [0.2, 0.25) is 0 Å². The standard InChI is InChI=1S/C13H19N3O/c1-16(10-11-5-8-14-9-6-11)13(17)12-4-2-3-7-15-12/h5-6,8-9,12,15H,2-4,7,10H2,1H3/t12-/m0/s1. The van der Waals surface area contributed by atoms with Crippen LogP contribution >= 0.6 is 0 Å². The number of hydrogen-bond acceptors (Lipinski definition) is 3. The van der Waals surface area contributed by atoms with E-state index in [1.54, 1.807) is 17.3 Å². The van der Waals surface area contributed by atoms with Crippen molar-refractivity contribution in [1.29, 1.82) is 0 Å². The Morgan fingerprint density at radius 2 is 2.24 bits per heavy atom. The summed E-state index contributed by atoms with van der Waals surface area (Å²) >= 11 is 0. The van der Waals surface area contributed by atoms with E-state index in [1.807, 2.05) is 19.2 Å². The van der Waals surface area contributed by atoms with Crippen LogP contribution < -0.4 is 5.32 Å². The van der Waals surface area contributed by atoms with Gasteiger partial charge in [-0.3, -0.25) is 9.78 Å². The fraction of sp³-hybridized carbons (Fsp3) is 0.538. The van der Waals surface area contributed by atoms with Crippen molar-refractivity contribution in [1.82, 2.24) is 15.2 Å². The number of nitrogens with zero attached hydrogens (tertiary/aromatic N) is 2. The molecule has 4 heteroatoms. The number of carbonyl (C=O) groups is 1. The van der Waals surface area contributed by atoms with Crippen LogP contribution in [0, 0.1) is 0 Å². The molecule has 0 saturated carbocycles. The Kier molecular flexibility index (Phi) is 4.09. The molecule has 0 spiro atoms. The van der Waals surface area contributed by atoms with Crippen LogP contribution in [0.25, 0.3) is 0 Å². The molecule has 2 heterocycles. The predicted octanol–water partition coefficient (Wildman–Crippen LogP) is 1.18. The highest BCUT2D eigenvalue weighted by atomic mass is 16.2. The molecule has 92 valence electrons. The molecule has 1 saturated heterocycles. The van der Waals surface area contributed by atoms with E-state index < -0.39 is 0 Å². The number of aromatic nitrogens is 1. The van der Waals surface area contributed by atoms with Gasteiger partial charge < -0.3 is 10.2 Å². The summed E-state index contributed by atoms with van der Waals surface area (Å²) in [5.41, 5.74) is 1.12. The van der Waals surface area contributed by atoms with E-state index in [-0.39, 0.29) is 11.9 Å². The van der Waals surface area contributed by atoms with Crippen molar-refractivity contribution in [2.45, 2.75) is 31.8 Å². The summed E-state index contributed by atoms with van der Waals surface area (Å²) in [5.74, 6) is 0.196. The summed E-state index contributed by atoms with van der Waals surface area (Å²) in [7, 11) is 1.86. The quantitative estimate of drug-likeness (QED) is 0.852. The minimum atomic E-state index is 0.00980. The van der Waals surface area contributed by atoms with E-state index in [1.165, 1.54) is 6.42 Å². The van der Waals surface area contributed by atoms with Gasteiger partial charge in [0.15, 0.2) is 0 Å². The van der Waals surface area contributed by atoms with Gasteiger partial charge in [0.2, 0.25) is 5.91 Å². The van der Waals surface area contributed by atoms with Crippen LogP contribution in [-0.2, 0) is 11.3 Å². The highest BCUT2D eigenvalue weighted by Crippen LogP contribution is 2.10. The molecule has 0 bridgehead atoms. The second-order valence-corrected chi connectivity index (χ2v) is 4.55. The van der Waals surface area contributed by atoms with Crippen molar-refractivity contribution in [2.24, 2.45) is 0 Å². The minimum absolute atomic E-state index is 0.00980. The molecule has 1 atom stereocenters. The first-order valence-corrected chi connectivity index (χ1v) is 6.14. The molecule has 0 aromatic carbocycles. The molecule has 4 nitrogen and oxygen atoms in total. The summed E-state index contributed by atoms with van der Waals surface area (Å²) < 4.78 is 0. The molecule has 1 aliphatic heterocycles. The van der Waals surface area contributed by atoms with Gasteiger partial charge in [-0.05, 0) is 37.1 Å². The first kappa shape index (κ1) is 12.0. The van der Waals surface area contributed by atoms with Gasteiger partial charge in [0.25, 0.3) is 0 Å². The van der Waals surface area contributed by atoms with Crippen molar-refractivity contribution < 1.29 is 4.79 Å². The van der Waals surface area contributed by atoms with Crippen LogP contribution in [0.3, 0.4) is 0 Å². The topological polar surface area (TPSA) is 45.2 Å². The molecule has 0 radical (unpaired) electrons. The number of amides is 1. The maximum absolute atomic E-state index is 12.2. The average Bonchev–Trinajstić information content (AvgIpc) is 2.40. The second kappa shape index (κ2) is 5.77. The third-order valence-corrected chi connectivity index (χ3v) is 3.15. The van der Waals surface area contributed by atoms with E-state index in [0.717, 1.165) is 24.9 Å². The highest BCUT2D eigenvalue weighted by molar-refractivity contribution is 5.81. The summed E-state index contributed by atoms with van der Waals surface area (Å²) in [5, 5.41) is 3.28. The van der Waals surface area contributed by atoms with Crippen molar-refractivity contribution in [3.63, 3.8) is 0 Å². The number of pyridine rings is 1. The first-order chi connectivity index (χ1) is 8.27. The van der Waals surface area contributed by atoms with Crippen LogP contribution in [-0.4, -0.2) is 35.4 Å². The molecule has 1 aromatic rings. The van der Waals surface area contributed by atoms with Crippen molar-refractivity contribution >= 4 is 5.91 Å². The monoisotopic (exact) mass is 233 g/mol. The molecule has 2 rings (SSSR count). The smallest absolute Gasteiger partial charge is 0.239 e. The van der Waals surface area contributed by atoms with Gasteiger partial charge in [0, 0.05) is 26.0 Å². The number of piperidine rings is 1. The number of likely N-dealkylation sites (N-methyl/N-ethyl adjacent to an activating group) is 1. The lowest BCUT2D eigenvalue weighted by molar-refractivity contribution is -0.133. The van der Waals surface area contributed by atoms with Gasteiger partial charge >= 0.3 is 0 Å². The lowest BCUT2D eigenvalue weighted by Crippen LogP contribution is -2.46. The van der Waals surface area contributed by atoms with E-state index in [0.29, 0.717) is 6.54 Å². The van der Waals surface area contributed by atoms with Crippen molar-refractivity contribution in [2.75, 3.05) is 13.6 Å². The zero-order valence-corrected chi connectivity index (χ0v) is 10.2. The van der Waals surface area contributed by atoms with Crippen LogP contribution in [0.5, 0.6) is 0 Å².